The van der Waals surface area contributed by atoms with Gasteiger partial charge in [0.15, 0.2) is 0 Å². The maximum atomic E-state index is 5.80. The normalized spacial score (nSPS) is 17.1. The molecule has 4 nitrogen and oxygen atoms in total. The van der Waals surface area contributed by atoms with Crippen molar-refractivity contribution in [2.24, 2.45) is 0 Å². The third-order valence-corrected chi connectivity index (χ3v) is 3.44. The van der Waals surface area contributed by atoms with Crippen molar-refractivity contribution in [3.05, 3.63) is 47.7 Å². The van der Waals surface area contributed by atoms with Gasteiger partial charge in [0.25, 0.3) is 0 Å². The van der Waals surface area contributed by atoms with Crippen LogP contribution in [-0.4, -0.2) is 30.4 Å². The molecule has 1 N–H and O–H groups in total. The first-order valence-corrected chi connectivity index (χ1v) is 6.55. The standard InChI is InChI=1S/C15H17N3O.ClH/c1-16-10-15-13-5-4-12(9-11(13)6-8-19-15)14-3-2-7-17-18-14;/h2-5,7,9,15-16H,6,8,10H2,1H3;1H. The molecule has 1 atom stereocenters. The maximum Gasteiger partial charge on any atom is 0.0951 e. The number of hydrogen-bond donors (Lipinski definition) is 1. The minimum atomic E-state index is 0. The molecule has 0 fully saturated rings. The Kier molecular flexibility index (Phi) is 5.06. The molecule has 106 valence electrons. The Labute approximate surface area is 125 Å². The van der Waals surface area contributed by atoms with E-state index in [0.29, 0.717) is 0 Å². The summed E-state index contributed by atoms with van der Waals surface area (Å²) in [5.74, 6) is 0. The van der Waals surface area contributed by atoms with Crippen molar-refractivity contribution in [1.29, 1.82) is 0 Å². The molecule has 1 unspecified atom stereocenters. The van der Waals surface area contributed by atoms with E-state index >= 15 is 0 Å². The third kappa shape index (κ3) is 2.98. The summed E-state index contributed by atoms with van der Waals surface area (Å²) in [6.07, 6.45) is 2.81. The first-order chi connectivity index (χ1) is 9.38. The molecular weight excluding hydrogens is 274 g/mol. The molecule has 2 aromatic rings. The zero-order chi connectivity index (χ0) is 13.1. The van der Waals surface area contributed by atoms with Crippen molar-refractivity contribution in [1.82, 2.24) is 15.5 Å². The number of halogens is 1. The number of benzene rings is 1. The van der Waals surface area contributed by atoms with Crippen LogP contribution in [0.1, 0.15) is 17.2 Å². The van der Waals surface area contributed by atoms with Crippen LogP contribution in [0.25, 0.3) is 11.3 Å². The second kappa shape index (κ2) is 6.79. The molecular formula is C15H18ClN3O. The molecule has 0 radical (unpaired) electrons. The highest BCUT2D eigenvalue weighted by Crippen LogP contribution is 2.29. The van der Waals surface area contributed by atoms with Gasteiger partial charge in [-0.05, 0) is 42.8 Å². The fraction of sp³-hybridized carbons (Fsp3) is 0.333. The Balaban J connectivity index is 0.00000147. The van der Waals surface area contributed by atoms with Crippen LogP contribution in [0.15, 0.2) is 36.5 Å². The maximum absolute atomic E-state index is 5.80. The van der Waals surface area contributed by atoms with Gasteiger partial charge in [0.1, 0.15) is 0 Å². The van der Waals surface area contributed by atoms with Gasteiger partial charge in [-0.15, -0.1) is 12.4 Å². The van der Waals surface area contributed by atoms with Crippen LogP contribution in [0.2, 0.25) is 0 Å². The molecule has 20 heavy (non-hydrogen) atoms. The van der Waals surface area contributed by atoms with Crippen molar-refractivity contribution < 1.29 is 4.74 Å². The number of nitrogens with zero attached hydrogens (tertiary/aromatic N) is 2. The van der Waals surface area contributed by atoms with Gasteiger partial charge in [0.05, 0.1) is 18.4 Å². The molecule has 3 rings (SSSR count). The molecule has 2 heterocycles. The second-order valence-electron chi connectivity index (χ2n) is 4.69. The first kappa shape index (κ1) is 14.9. The van der Waals surface area contributed by atoms with Crippen molar-refractivity contribution in [2.75, 3.05) is 20.2 Å². The summed E-state index contributed by atoms with van der Waals surface area (Å²) in [6, 6.07) is 10.4. The highest BCUT2D eigenvalue weighted by molar-refractivity contribution is 5.85. The van der Waals surface area contributed by atoms with E-state index in [1.807, 2.05) is 19.2 Å². The predicted molar refractivity (Wildman–Crippen MR) is 81.0 cm³/mol. The number of nitrogens with one attached hydrogen (secondary N) is 1. The average molecular weight is 292 g/mol. The van der Waals surface area contributed by atoms with Crippen molar-refractivity contribution in [2.45, 2.75) is 12.5 Å². The van der Waals surface area contributed by atoms with Crippen LogP contribution in [0.5, 0.6) is 0 Å². The van der Waals surface area contributed by atoms with Crippen LogP contribution < -0.4 is 5.32 Å². The van der Waals surface area contributed by atoms with Crippen molar-refractivity contribution in [3.63, 3.8) is 0 Å². The van der Waals surface area contributed by atoms with Gasteiger partial charge in [0.2, 0.25) is 0 Å². The fourth-order valence-electron chi connectivity index (χ4n) is 2.51. The summed E-state index contributed by atoms with van der Waals surface area (Å²) in [6.45, 7) is 1.63. The predicted octanol–water partition coefficient (Wildman–Crippen LogP) is 2.40. The summed E-state index contributed by atoms with van der Waals surface area (Å²) in [7, 11) is 1.95. The second-order valence-corrected chi connectivity index (χ2v) is 4.69. The highest BCUT2D eigenvalue weighted by Gasteiger charge is 2.20. The van der Waals surface area contributed by atoms with Gasteiger partial charge in [-0.3, -0.25) is 0 Å². The quantitative estimate of drug-likeness (QED) is 0.943. The smallest absolute Gasteiger partial charge is 0.0951 e. The zero-order valence-electron chi connectivity index (χ0n) is 11.4. The van der Waals surface area contributed by atoms with Crippen LogP contribution in [0, 0.1) is 0 Å². The van der Waals surface area contributed by atoms with Gasteiger partial charge in [-0.25, -0.2) is 0 Å². The summed E-state index contributed by atoms with van der Waals surface area (Å²) in [4.78, 5) is 0. The lowest BCUT2D eigenvalue weighted by molar-refractivity contribution is 0.0439. The van der Waals surface area contributed by atoms with Crippen LogP contribution in [-0.2, 0) is 11.2 Å². The molecule has 0 bridgehead atoms. The average Bonchev–Trinajstić information content (AvgIpc) is 2.48. The minimum absolute atomic E-state index is 0. The third-order valence-electron chi connectivity index (χ3n) is 3.44. The van der Waals surface area contributed by atoms with Crippen LogP contribution in [0.4, 0.5) is 0 Å². The Hall–Kier alpha value is -1.49. The molecule has 5 heteroatoms. The Morgan fingerprint density at radius 1 is 1.35 bits per heavy atom. The van der Waals surface area contributed by atoms with Gasteiger partial charge in [-0.2, -0.15) is 10.2 Å². The lowest BCUT2D eigenvalue weighted by atomic mass is 9.94. The molecule has 0 saturated carbocycles. The number of rotatable bonds is 3. The van der Waals surface area contributed by atoms with Crippen LogP contribution >= 0.6 is 12.4 Å². The number of likely N-dealkylation sites (N-methyl/N-ethyl adjacent to an activating group) is 1. The van der Waals surface area contributed by atoms with Crippen molar-refractivity contribution >= 4 is 12.4 Å². The first-order valence-electron chi connectivity index (χ1n) is 6.55. The number of aromatic nitrogens is 2. The van der Waals surface area contributed by atoms with E-state index in [2.05, 4.69) is 33.7 Å². The summed E-state index contributed by atoms with van der Waals surface area (Å²) in [5, 5.41) is 11.3. The fourth-order valence-corrected chi connectivity index (χ4v) is 2.51. The molecule has 1 aromatic heterocycles. The summed E-state index contributed by atoms with van der Waals surface area (Å²) in [5.41, 5.74) is 4.68. The van der Waals surface area contributed by atoms with E-state index in [9.17, 15) is 0 Å². The number of ether oxygens (including phenoxy) is 1. The van der Waals surface area contributed by atoms with E-state index < -0.39 is 0 Å². The van der Waals surface area contributed by atoms with Gasteiger partial charge in [-0.1, -0.05) is 12.1 Å². The Morgan fingerprint density at radius 3 is 3.00 bits per heavy atom. The number of hydrogen-bond acceptors (Lipinski definition) is 4. The molecule has 0 saturated heterocycles. The van der Waals surface area contributed by atoms with Crippen LogP contribution in [0.3, 0.4) is 0 Å². The molecule has 1 aliphatic heterocycles. The van der Waals surface area contributed by atoms with E-state index in [-0.39, 0.29) is 18.5 Å². The molecule has 0 spiro atoms. The number of fused-ring (bicyclic) bond motifs is 1. The highest BCUT2D eigenvalue weighted by atomic mass is 35.5. The lowest BCUT2D eigenvalue weighted by Crippen LogP contribution is -2.25. The molecule has 1 aliphatic rings. The minimum Gasteiger partial charge on any atom is -0.372 e. The van der Waals surface area contributed by atoms with E-state index in [4.69, 9.17) is 4.74 Å². The monoisotopic (exact) mass is 291 g/mol. The topological polar surface area (TPSA) is 47.0 Å². The van der Waals surface area contributed by atoms with E-state index in [1.54, 1.807) is 6.20 Å². The Morgan fingerprint density at radius 2 is 2.25 bits per heavy atom. The van der Waals surface area contributed by atoms with Gasteiger partial charge >= 0.3 is 0 Å². The summed E-state index contributed by atoms with van der Waals surface area (Å²) >= 11 is 0. The zero-order valence-corrected chi connectivity index (χ0v) is 12.2. The SMILES string of the molecule is CNCC1OCCc2cc(-c3cccnn3)ccc21.Cl. The lowest BCUT2D eigenvalue weighted by Gasteiger charge is -2.26. The van der Waals surface area contributed by atoms with Crippen molar-refractivity contribution in [3.8, 4) is 11.3 Å². The van der Waals surface area contributed by atoms with Gasteiger partial charge in [0, 0.05) is 18.3 Å². The van der Waals surface area contributed by atoms with E-state index in [0.717, 1.165) is 30.8 Å². The van der Waals surface area contributed by atoms with Gasteiger partial charge < -0.3 is 10.1 Å². The summed E-state index contributed by atoms with van der Waals surface area (Å²) < 4.78 is 5.80. The van der Waals surface area contributed by atoms with E-state index in [1.165, 1.54) is 11.1 Å². The Bertz CT molecular complexity index is 562. The largest absolute Gasteiger partial charge is 0.372 e. The molecule has 0 aliphatic carbocycles. The molecule has 1 aromatic carbocycles. The molecule has 0 amide bonds.